The lowest BCUT2D eigenvalue weighted by atomic mass is 9.86. The summed E-state index contributed by atoms with van der Waals surface area (Å²) in [6.07, 6.45) is 10.0. The maximum atomic E-state index is 12.5. The molecule has 1 amide bonds. The van der Waals surface area contributed by atoms with Crippen LogP contribution in [0, 0.1) is 5.92 Å². The first-order valence-electron chi connectivity index (χ1n) is 10.9. The van der Waals surface area contributed by atoms with E-state index in [-0.39, 0.29) is 12.2 Å². The molecule has 1 saturated carbocycles. The van der Waals surface area contributed by atoms with Crippen LogP contribution in [0.3, 0.4) is 0 Å². The second-order valence-electron chi connectivity index (χ2n) is 8.13. The molecular weight excluding hydrogens is 352 g/mol. The van der Waals surface area contributed by atoms with E-state index in [0.29, 0.717) is 24.0 Å². The van der Waals surface area contributed by atoms with Crippen LogP contribution in [-0.2, 0) is 4.74 Å². The van der Waals surface area contributed by atoms with E-state index >= 15 is 0 Å². The summed E-state index contributed by atoms with van der Waals surface area (Å²) in [5.74, 6) is 1.12. The average Bonchev–Trinajstić information content (AvgIpc) is 2.67. The standard InChI is InChI=1S/C23H38N2O3/c1-4-5-6-7-12-17-27-22-16-11-9-14-20(22)24-23(26)28-21-15-10-8-13-19(21)18-25(2)3/h9,11,14,16,19,21H,4-8,10,12-13,15,17-18H2,1-3H3,(H,24,26)/t19-,21-/m0/s1. The Kier molecular flexibility index (Phi) is 10.2. The highest BCUT2D eigenvalue weighted by molar-refractivity contribution is 5.86. The van der Waals surface area contributed by atoms with Gasteiger partial charge in [0.1, 0.15) is 11.9 Å². The van der Waals surface area contributed by atoms with E-state index in [1.807, 2.05) is 24.3 Å². The lowest BCUT2D eigenvalue weighted by Crippen LogP contribution is -2.37. The van der Waals surface area contributed by atoms with Gasteiger partial charge in [-0.05, 0) is 51.9 Å². The molecule has 5 heteroatoms. The molecule has 1 fully saturated rings. The van der Waals surface area contributed by atoms with E-state index in [4.69, 9.17) is 9.47 Å². The number of nitrogens with one attached hydrogen (secondary N) is 1. The van der Waals surface area contributed by atoms with Gasteiger partial charge in [0.2, 0.25) is 0 Å². The van der Waals surface area contributed by atoms with E-state index in [2.05, 4.69) is 31.2 Å². The first-order chi connectivity index (χ1) is 13.6. The van der Waals surface area contributed by atoms with Gasteiger partial charge in [0.05, 0.1) is 12.3 Å². The average molecular weight is 391 g/mol. The summed E-state index contributed by atoms with van der Waals surface area (Å²) in [4.78, 5) is 14.7. The monoisotopic (exact) mass is 390 g/mol. The molecule has 0 bridgehead atoms. The molecule has 1 aliphatic carbocycles. The number of rotatable bonds is 11. The van der Waals surface area contributed by atoms with Crippen molar-refractivity contribution >= 4 is 11.8 Å². The van der Waals surface area contributed by atoms with Crippen LogP contribution in [0.2, 0.25) is 0 Å². The predicted molar refractivity (Wildman–Crippen MR) is 115 cm³/mol. The number of para-hydroxylation sites is 2. The third kappa shape index (κ3) is 8.09. The molecule has 2 atom stereocenters. The minimum absolute atomic E-state index is 0.0113. The van der Waals surface area contributed by atoms with Crippen molar-refractivity contribution in [2.24, 2.45) is 5.92 Å². The fraction of sp³-hybridized carbons (Fsp3) is 0.696. The Bertz CT molecular complexity index is 577. The molecule has 0 spiro atoms. The maximum Gasteiger partial charge on any atom is 0.412 e. The summed E-state index contributed by atoms with van der Waals surface area (Å²) in [6, 6.07) is 7.60. The largest absolute Gasteiger partial charge is 0.491 e. The number of unbranched alkanes of at least 4 members (excludes halogenated alkanes) is 4. The minimum Gasteiger partial charge on any atom is -0.491 e. The van der Waals surface area contributed by atoms with Gasteiger partial charge in [-0.1, -0.05) is 51.2 Å². The van der Waals surface area contributed by atoms with Gasteiger partial charge in [-0.2, -0.15) is 0 Å². The second kappa shape index (κ2) is 12.7. The molecule has 158 valence electrons. The fourth-order valence-corrected chi connectivity index (χ4v) is 3.87. The molecule has 1 aliphatic rings. The molecule has 0 unspecified atom stereocenters. The summed E-state index contributed by atoms with van der Waals surface area (Å²) >= 11 is 0. The van der Waals surface area contributed by atoms with Crippen LogP contribution in [0.25, 0.3) is 0 Å². The molecule has 28 heavy (non-hydrogen) atoms. The highest BCUT2D eigenvalue weighted by atomic mass is 16.6. The number of anilines is 1. The molecule has 0 aliphatic heterocycles. The van der Waals surface area contributed by atoms with Crippen LogP contribution >= 0.6 is 0 Å². The second-order valence-corrected chi connectivity index (χ2v) is 8.13. The van der Waals surface area contributed by atoms with Crippen LogP contribution in [0.15, 0.2) is 24.3 Å². The highest BCUT2D eigenvalue weighted by Gasteiger charge is 2.29. The Morgan fingerprint density at radius 1 is 1.11 bits per heavy atom. The normalized spacial score (nSPS) is 19.4. The van der Waals surface area contributed by atoms with Gasteiger partial charge in [-0.25, -0.2) is 4.79 Å². The van der Waals surface area contributed by atoms with E-state index in [1.54, 1.807) is 0 Å². The summed E-state index contributed by atoms with van der Waals surface area (Å²) in [5, 5.41) is 2.89. The lowest BCUT2D eigenvalue weighted by molar-refractivity contribution is 0.0357. The van der Waals surface area contributed by atoms with E-state index in [1.165, 1.54) is 32.1 Å². The molecule has 0 radical (unpaired) electrons. The van der Waals surface area contributed by atoms with E-state index < -0.39 is 0 Å². The van der Waals surface area contributed by atoms with Gasteiger partial charge < -0.3 is 14.4 Å². The van der Waals surface area contributed by atoms with Crippen molar-refractivity contribution < 1.29 is 14.3 Å². The summed E-state index contributed by atoms with van der Waals surface area (Å²) in [5.41, 5.74) is 0.682. The third-order valence-electron chi connectivity index (χ3n) is 5.33. The van der Waals surface area contributed by atoms with Gasteiger partial charge >= 0.3 is 6.09 Å². The molecule has 1 aromatic carbocycles. The first kappa shape index (κ1) is 22.5. The van der Waals surface area contributed by atoms with Crippen LogP contribution in [-0.4, -0.2) is 44.3 Å². The smallest absolute Gasteiger partial charge is 0.412 e. The van der Waals surface area contributed by atoms with Crippen LogP contribution in [0.4, 0.5) is 10.5 Å². The number of benzene rings is 1. The van der Waals surface area contributed by atoms with Gasteiger partial charge in [0, 0.05) is 12.5 Å². The quantitative estimate of drug-likeness (QED) is 0.492. The fourth-order valence-electron chi connectivity index (χ4n) is 3.87. The number of carbonyl (C=O) groups is 1. The van der Waals surface area contributed by atoms with Crippen molar-refractivity contribution in [2.45, 2.75) is 70.8 Å². The number of hydrogen-bond donors (Lipinski definition) is 1. The molecule has 5 nitrogen and oxygen atoms in total. The zero-order valence-electron chi connectivity index (χ0n) is 17.9. The van der Waals surface area contributed by atoms with Crippen molar-refractivity contribution in [2.75, 3.05) is 32.6 Å². The molecule has 0 saturated heterocycles. The van der Waals surface area contributed by atoms with Crippen molar-refractivity contribution in [1.82, 2.24) is 4.90 Å². The summed E-state index contributed by atoms with van der Waals surface area (Å²) < 4.78 is 11.7. The van der Waals surface area contributed by atoms with E-state index in [9.17, 15) is 4.79 Å². The number of hydrogen-bond acceptors (Lipinski definition) is 4. The summed E-state index contributed by atoms with van der Waals surface area (Å²) in [6.45, 7) is 3.84. The Morgan fingerprint density at radius 3 is 2.64 bits per heavy atom. The number of amides is 1. The van der Waals surface area contributed by atoms with Gasteiger partial charge in [0.25, 0.3) is 0 Å². The molecule has 0 aromatic heterocycles. The SMILES string of the molecule is CCCCCCCOc1ccccc1NC(=O)O[C@H]1CCCC[C@H]1CN(C)C. The maximum absolute atomic E-state index is 12.5. The Balaban J connectivity index is 1.84. The molecule has 1 N–H and O–H groups in total. The third-order valence-corrected chi connectivity index (χ3v) is 5.33. The van der Waals surface area contributed by atoms with Gasteiger partial charge in [-0.15, -0.1) is 0 Å². The summed E-state index contributed by atoms with van der Waals surface area (Å²) in [7, 11) is 4.14. The van der Waals surface area contributed by atoms with Crippen molar-refractivity contribution in [3.8, 4) is 5.75 Å². The molecular formula is C23H38N2O3. The van der Waals surface area contributed by atoms with Crippen LogP contribution in [0.1, 0.15) is 64.7 Å². The number of nitrogens with zero attached hydrogens (tertiary/aromatic N) is 1. The van der Waals surface area contributed by atoms with Gasteiger partial charge in [0.15, 0.2) is 0 Å². The molecule has 1 aromatic rings. The lowest BCUT2D eigenvalue weighted by Gasteiger charge is -2.32. The van der Waals surface area contributed by atoms with Crippen molar-refractivity contribution in [1.29, 1.82) is 0 Å². The first-order valence-corrected chi connectivity index (χ1v) is 10.9. The Hall–Kier alpha value is -1.75. The topological polar surface area (TPSA) is 50.8 Å². The van der Waals surface area contributed by atoms with Crippen LogP contribution in [0.5, 0.6) is 5.75 Å². The number of carbonyl (C=O) groups excluding carboxylic acids is 1. The van der Waals surface area contributed by atoms with Crippen molar-refractivity contribution in [3.05, 3.63) is 24.3 Å². The molecule has 2 rings (SSSR count). The van der Waals surface area contributed by atoms with E-state index in [0.717, 1.165) is 32.2 Å². The van der Waals surface area contributed by atoms with Gasteiger partial charge in [-0.3, -0.25) is 5.32 Å². The van der Waals surface area contributed by atoms with Crippen LogP contribution < -0.4 is 10.1 Å². The minimum atomic E-state index is -0.380. The zero-order valence-corrected chi connectivity index (χ0v) is 17.9. The number of ether oxygens (including phenoxy) is 2. The molecule has 0 heterocycles. The Labute approximate surface area is 170 Å². The zero-order chi connectivity index (χ0) is 20.2. The van der Waals surface area contributed by atoms with Crippen molar-refractivity contribution in [3.63, 3.8) is 0 Å². The highest BCUT2D eigenvalue weighted by Crippen LogP contribution is 2.29. The Morgan fingerprint density at radius 2 is 1.86 bits per heavy atom. The predicted octanol–water partition coefficient (Wildman–Crippen LogP) is 5.70.